The van der Waals surface area contributed by atoms with Gasteiger partial charge in [0.25, 0.3) is 0 Å². The average molecular weight is 108 g/mol. The summed E-state index contributed by atoms with van der Waals surface area (Å²) in [6.07, 6.45) is 0. The Morgan fingerprint density at radius 2 is 2.60 bits per heavy atom. The molecule has 0 aromatic carbocycles. The molecule has 0 saturated carbocycles. The number of hydrogen-bond donors (Lipinski definition) is 0. The molecule has 0 spiro atoms. The molecular formula is C2H4OS2. The molecule has 0 radical (unpaired) electrons. The SMILES string of the molecule is C1OSCS1. The molecule has 5 heavy (non-hydrogen) atoms. The van der Waals surface area contributed by atoms with Crippen molar-refractivity contribution in [2.75, 3.05) is 11.0 Å². The summed E-state index contributed by atoms with van der Waals surface area (Å²) in [5.41, 5.74) is 0. The molecular weight excluding hydrogens is 104 g/mol. The molecule has 0 unspecified atom stereocenters. The monoisotopic (exact) mass is 108 g/mol. The Morgan fingerprint density at radius 1 is 1.60 bits per heavy atom. The van der Waals surface area contributed by atoms with Crippen LogP contribution < -0.4 is 0 Å². The molecule has 3 heteroatoms. The van der Waals surface area contributed by atoms with Crippen LogP contribution in [-0.2, 0) is 4.18 Å². The lowest BCUT2D eigenvalue weighted by atomic mass is 11.7. The summed E-state index contributed by atoms with van der Waals surface area (Å²) in [6.45, 7) is 0. The van der Waals surface area contributed by atoms with Crippen LogP contribution in [0.2, 0.25) is 0 Å². The van der Waals surface area contributed by atoms with Crippen molar-refractivity contribution in [3.05, 3.63) is 0 Å². The predicted molar refractivity (Wildman–Crippen MR) is 26.0 cm³/mol. The van der Waals surface area contributed by atoms with Gasteiger partial charge in [0.15, 0.2) is 0 Å². The van der Waals surface area contributed by atoms with Crippen LogP contribution in [0.15, 0.2) is 0 Å². The van der Waals surface area contributed by atoms with Gasteiger partial charge in [-0.25, -0.2) is 0 Å². The molecule has 1 aliphatic heterocycles. The fourth-order valence-corrected chi connectivity index (χ4v) is 1.53. The highest BCUT2D eigenvalue weighted by molar-refractivity contribution is 8.16. The van der Waals surface area contributed by atoms with Crippen molar-refractivity contribution in [3.8, 4) is 0 Å². The number of thioether (sulfide) groups is 1. The second-order valence-electron chi connectivity index (χ2n) is 0.676. The second-order valence-corrected chi connectivity index (χ2v) is 2.73. The van der Waals surface area contributed by atoms with Crippen molar-refractivity contribution in [2.45, 2.75) is 0 Å². The summed E-state index contributed by atoms with van der Waals surface area (Å²) in [4.78, 5) is 0. The van der Waals surface area contributed by atoms with E-state index < -0.39 is 0 Å². The van der Waals surface area contributed by atoms with E-state index in [0.29, 0.717) is 0 Å². The molecule has 0 aromatic rings. The van der Waals surface area contributed by atoms with E-state index in [9.17, 15) is 0 Å². The van der Waals surface area contributed by atoms with Gasteiger partial charge in [-0.2, -0.15) is 0 Å². The van der Waals surface area contributed by atoms with E-state index in [-0.39, 0.29) is 0 Å². The highest BCUT2D eigenvalue weighted by atomic mass is 32.2. The third-order valence-electron chi connectivity index (χ3n) is 0.346. The first-order valence-corrected chi connectivity index (χ1v) is 3.39. The molecule has 1 fully saturated rings. The lowest BCUT2D eigenvalue weighted by molar-refractivity contribution is 0.474. The second kappa shape index (κ2) is 1.95. The molecule has 0 atom stereocenters. The average Bonchev–Trinajstić information content (AvgIpc) is 1.76. The van der Waals surface area contributed by atoms with E-state index >= 15 is 0 Å². The van der Waals surface area contributed by atoms with Gasteiger partial charge in [-0.05, 0) is 0 Å². The molecule has 0 N–H and O–H groups in total. The van der Waals surface area contributed by atoms with Crippen molar-refractivity contribution in [1.29, 1.82) is 0 Å². The summed E-state index contributed by atoms with van der Waals surface area (Å²) in [5.74, 6) is 0.880. The molecule has 1 aliphatic rings. The molecule has 0 bridgehead atoms. The first-order valence-electron chi connectivity index (χ1n) is 1.32. The van der Waals surface area contributed by atoms with Crippen molar-refractivity contribution in [3.63, 3.8) is 0 Å². The van der Waals surface area contributed by atoms with Crippen LogP contribution in [0, 0.1) is 0 Å². The fourth-order valence-electron chi connectivity index (χ4n) is 0.170. The van der Waals surface area contributed by atoms with Crippen LogP contribution in [0.5, 0.6) is 0 Å². The van der Waals surface area contributed by atoms with Gasteiger partial charge in [0, 0.05) is 12.0 Å². The summed E-state index contributed by atoms with van der Waals surface area (Å²) >= 11 is 3.35. The van der Waals surface area contributed by atoms with Gasteiger partial charge in [0.05, 0.1) is 5.08 Å². The Kier molecular flexibility index (Phi) is 1.50. The maximum absolute atomic E-state index is 4.82. The molecule has 1 rings (SSSR count). The van der Waals surface area contributed by atoms with Crippen molar-refractivity contribution >= 4 is 23.8 Å². The minimum Gasteiger partial charge on any atom is -0.304 e. The van der Waals surface area contributed by atoms with Crippen LogP contribution in [0.1, 0.15) is 0 Å². The quantitative estimate of drug-likeness (QED) is 0.433. The van der Waals surface area contributed by atoms with Gasteiger partial charge in [-0.15, -0.1) is 11.8 Å². The highest BCUT2D eigenvalue weighted by Crippen LogP contribution is 2.22. The van der Waals surface area contributed by atoms with E-state index in [4.69, 9.17) is 4.18 Å². The number of hydrogen-bond acceptors (Lipinski definition) is 3. The maximum Gasteiger partial charge on any atom is 0.108 e. The highest BCUT2D eigenvalue weighted by Gasteiger charge is 1.96. The van der Waals surface area contributed by atoms with Crippen molar-refractivity contribution in [1.82, 2.24) is 0 Å². The summed E-state index contributed by atoms with van der Waals surface area (Å²) in [7, 11) is 0. The van der Waals surface area contributed by atoms with Gasteiger partial charge in [0.2, 0.25) is 0 Å². The van der Waals surface area contributed by atoms with E-state index in [1.165, 1.54) is 12.0 Å². The third kappa shape index (κ3) is 1.03. The molecule has 1 nitrogen and oxygen atoms in total. The zero-order valence-electron chi connectivity index (χ0n) is 2.64. The molecule has 0 aliphatic carbocycles. The van der Waals surface area contributed by atoms with Crippen LogP contribution in [0.4, 0.5) is 0 Å². The zero-order valence-corrected chi connectivity index (χ0v) is 4.27. The van der Waals surface area contributed by atoms with Crippen molar-refractivity contribution in [2.24, 2.45) is 0 Å². The summed E-state index contributed by atoms with van der Waals surface area (Å²) in [5, 5.41) is 1.11. The zero-order chi connectivity index (χ0) is 3.54. The Hall–Kier alpha value is 0.660. The first kappa shape index (κ1) is 3.84. The van der Waals surface area contributed by atoms with E-state index in [0.717, 1.165) is 11.0 Å². The van der Waals surface area contributed by atoms with Gasteiger partial charge in [-0.3, -0.25) is 0 Å². The van der Waals surface area contributed by atoms with E-state index in [1.807, 2.05) is 11.8 Å². The van der Waals surface area contributed by atoms with E-state index in [2.05, 4.69) is 0 Å². The van der Waals surface area contributed by atoms with Gasteiger partial charge in [0.1, 0.15) is 5.94 Å². The largest absolute Gasteiger partial charge is 0.304 e. The Morgan fingerprint density at radius 3 is 2.80 bits per heavy atom. The third-order valence-corrected chi connectivity index (χ3v) is 2.12. The summed E-state index contributed by atoms with van der Waals surface area (Å²) in [6, 6.07) is 0. The van der Waals surface area contributed by atoms with Crippen LogP contribution in [0.25, 0.3) is 0 Å². The smallest absolute Gasteiger partial charge is 0.108 e. The Labute approximate surface area is 39.7 Å². The van der Waals surface area contributed by atoms with Gasteiger partial charge in [-0.1, -0.05) is 0 Å². The standard InChI is InChI=1S/C2H4OS2/c1-3-5-2-4-1/h1-2H2. The molecule has 1 saturated heterocycles. The van der Waals surface area contributed by atoms with Gasteiger partial charge >= 0.3 is 0 Å². The van der Waals surface area contributed by atoms with Crippen LogP contribution in [0.3, 0.4) is 0 Å². The first-order chi connectivity index (χ1) is 2.50. The molecule has 0 amide bonds. The van der Waals surface area contributed by atoms with E-state index in [1.54, 1.807) is 0 Å². The van der Waals surface area contributed by atoms with Crippen LogP contribution >= 0.6 is 23.8 Å². The number of rotatable bonds is 0. The normalized spacial score (nSPS) is 24.0. The molecule has 30 valence electrons. The van der Waals surface area contributed by atoms with Crippen LogP contribution in [-0.4, -0.2) is 11.0 Å². The summed E-state index contributed by atoms with van der Waals surface area (Å²) < 4.78 is 4.82. The molecule has 1 heterocycles. The fraction of sp³-hybridized carbons (Fsp3) is 1.00. The minimum atomic E-state index is 0.880. The lowest BCUT2D eigenvalue weighted by Crippen LogP contribution is -1.59. The minimum absolute atomic E-state index is 0.880. The van der Waals surface area contributed by atoms with Gasteiger partial charge < -0.3 is 4.18 Å². The predicted octanol–water partition coefficient (Wildman–Crippen LogP) is 1.31. The lowest BCUT2D eigenvalue weighted by Gasteiger charge is -1.72. The molecule has 0 aromatic heterocycles. The Bertz CT molecular complexity index is 19.2. The maximum atomic E-state index is 4.82. The van der Waals surface area contributed by atoms with Crippen molar-refractivity contribution < 1.29 is 4.18 Å². The Balaban J connectivity index is 2.08. The topological polar surface area (TPSA) is 9.23 Å².